The number of esters is 1. The Hall–Kier alpha value is -1.66. The second-order valence-electron chi connectivity index (χ2n) is 18.2. The summed E-state index contributed by atoms with van der Waals surface area (Å²) in [6.45, 7) is 4.86. The predicted molar refractivity (Wildman–Crippen MR) is 260 cm³/mol. The van der Waals surface area contributed by atoms with Gasteiger partial charge >= 0.3 is 5.97 Å². The Morgan fingerprint density at radius 2 is 0.783 bits per heavy atom. The van der Waals surface area contributed by atoms with Crippen molar-refractivity contribution in [3.8, 4) is 0 Å². The van der Waals surface area contributed by atoms with Crippen LogP contribution in [0.2, 0.25) is 0 Å². The summed E-state index contributed by atoms with van der Waals surface area (Å²) in [6, 6.07) is -0.626. The number of hydrogen-bond donors (Lipinski definition) is 3. The summed E-state index contributed by atoms with van der Waals surface area (Å²) in [4.78, 5) is 24.4. The predicted octanol–water partition coefficient (Wildman–Crippen LogP) is 15.9. The lowest BCUT2D eigenvalue weighted by atomic mass is 10.0. The van der Waals surface area contributed by atoms with E-state index in [0.29, 0.717) is 19.4 Å². The molecular formula is C54H103NO5. The highest BCUT2D eigenvalue weighted by Gasteiger charge is 2.18. The number of rotatable bonds is 49. The maximum absolute atomic E-state index is 12.4. The summed E-state index contributed by atoms with van der Waals surface area (Å²) in [5.41, 5.74) is 0. The van der Waals surface area contributed by atoms with Gasteiger partial charge in [0.15, 0.2) is 0 Å². The second kappa shape index (κ2) is 50.0. The summed E-state index contributed by atoms with van der Waals surface area (Å²) in [5.74, 6) is -0.0718. The zero-order chi connectivity index (χ0) is 43.7. The number of carbonyl (C=O) groups is 2. The number of aliphatic hydroxyl groups excluding tert-OH is 2. The van der Waals surface area contributed by atoms with Gasteiger partial charge in [0, 0.05) is 12.8 Å². The molecular weight excluding hydrogens is 743 g/mol. The molecule has 0 aromatic rings. The van der Waals surface area contributed by atoms with Crippen molar-refractivity contribution in [1.29, 1.82) is 0 Å². The van der Waals surface area contributed by atoms with Gasteiger partial charge in [0.05, 0.1) is 25.4 Å². The largest absolute Gasteiger partial charge is 0.466 e. The molecule has 0 aliphatic rings. The minimum Gasteiger partial charge on any atom is -0.466 e. The van der Waals surface area contributed by atoms with Crippen LogP contribution in [0.3, 0.4) is 0 Å². The Labute approximate surface area is 373 Å². The molecule has 0 aromatic heterocycles. The standard InChI is InChI=1S/C54H103NO5/c1-3-5-7-9-11-13-14-15-25-28-32-36-40-44-48-54(59)60-49-45-41-37-33-29-26-23-21-19-17-16-18-20-22-24-27-31-35-39-43-47-53(58)55-51(50-56)52(57)46-42-38-34-30-12-10-8-6-4-2/h14-15,42,46,51-52,56-57H,3-13,16-41,43-45,47-50H2,1-2H3,(H,55,58)/b15-14-,46-42+. The number of nitrogens with one attached hydrogen (secondary N) is 1. The van der Waals surface area contributed by atoms with Crippen molar-refractivity contribution in [3.05, 3.63) is 24.3 Å². The molecule has 2 unspecified atom stereocenters. The number of aliphatic hydroxyl groups is 2. The minimum atomic E-state index is -0.843. The average molecular weight is 846 g/mol. The molecule has 2 atom stereocenters. The van der Waals surface area contributed by atoms with Crippen LogP contribution in [0.25, 0.3) is 0 Å². The number of allylic oxidation sites excluding steroid dienone is 3. The first-order valence-corrected chi connectivity index (χ1v) is 26.6. The minimum absolute atomic E-state index is 0.000902. The molecule has 0 saturated heterocycles. The van der Waals surface area contributed by atoms with E-state index in [1.807, 2.05) is 6.08 Å². The van der Waals surface area contributed by atoms with Crippen LogP contribution in [0.15, 0.2) is 24.3 Å². The first-order valence-electron chi connectivity index (χ1n) is 26.6. The molecule has 0 fully saturated rings. The third kappa shape index (κ3) is 45.9. The summed E-state index contributed by atoms with van der Waals surface area (Å²) in [5, 5.41) is 22.9. The highest BCUT2D eigenvalue weighted by Crippen LogP contribution is 2.16. The Balaban J connectivity index is 3.38. The molecule has 0 aromatic carbocycles. The van der Waals surface area contributed by atoms with E-state index >= 15 is 0 Å². The van der Waals surface area contributed by atoms with Crippen LogP contribution in [0.4, 0.5) is 0 Å². The number of unbranched alkanes of at least 4 members (excludes halogenated alkanes) is 36. The SMILES string of the molecule is CCCCCCC/C=C\CCCCCCCC(=O)OCCCCCCCCCCCCCCCCCCCCCCC(=O)NC(CO)C(O)/C=C/CCCCCCCCC. The van der Waals surface area contributed by atoms with E-state index in [2.05, 4.69) is 31.3 Å². The van der Waals surface area contributed by atoms with Crippen LogP contribution in [0.1, 0.15) is 284 Å². The van der Waals surface area contributed by atoms with Gasteiger partial charge in [-0.1, -0.05) is 237 Å². The zero-order valence-corrected chi connectivity index (χ0v) is 40.2. The molecule has 0 bridgehead atoms. The molecule has 0 rings (SSSR count). The summed E-state index contributed by atoms with van der Waals surface area (Å²) in [7, 11) is 0. The van der Waals surface area contributed by atoms with E-state index in [1.54, 1.807) is 6.08 Å². The molecule has 0 saturated carbocycles. The fraction of sp³-hybridized carbons (Fsp3) is 0.889. The molecule has 6 nitrogen and oxygen atoms in total. The maximum atomic E-state index is 12.4. The zero-order valence-electron chi connectivity index (χ0n) is 40.2. The van der Waals surface area contributed by atoms with Crippen LogP contribution in [-0.4, -0.2) is 47.4 Å². The molecule has 6 heteroatoms. The summed E-state index contributed by atoms with van der Waals surface area (Å²) < 4.78 is 5.47. The Morgan fingerprint density at radius 3 is 1.18 bits per heavy atom. The third-order valence-electron chi connectivity index (χ3n) is 12.2. The van der Waals surface area contributed by atoms with E-state index in [-0.39, 0.29) is 18.5 Å². The lowest BCUT2D eigenvalue weighted by Crippen LogP contribution is -2.45. The fourth-order valence-electron chi connectivity index (χ4n) is 8.10. The van der Waals surface area contributed by atoms with Gasteiger partial charge in [-0.15, -0.1) is 0 Å². The van der Waals surface area contributed by atoms with Crippen LogP contribution in [-0.2, 0) is 14.3 Å². The van der Waals surface area contributed by atoms with Crippen LogP contribution in [0, 0.1) is 0 Å². The van der Waals surface area contributed by atoms with E-state index < -0.39 is 12.1 Å². The molecule has 0 aliphatic carbocycles. The second-order valence-corrected chi connectivity index (χ2v) is 18.2. The number of carbonyl (C=O) groups excluding carboxylic acids is 2. The van der Waals surface area contributed by atoms with Crippen molar-refractivity contribution >= 4 is 11.9 Å². The van der Waals surface area contributed by atoms with Crippen molar-refractivity contribution in [2.24, 2.45) is 0 Å². The first-order chi connectivity index (χ1) is 29.5. The Bertz CT molecular complexity index is 935. The van der Waals surface area contributed by atoms with Crippen molar-refractivity contribution < 1.29 is 24.5 Å². The van der Waals surface area contributed by atoms with Gasteiger partial charge in [0.25, 0.3) is 0 Å². The Morgan fingerprint density at radius 1 is 0.450 bits per heavy atom. The summed E-state index contributed by atoms with van der Waals surface area (Å²) >= 11 is 0. The quantitative estimate of drug-likeness (QED) is 0.0322. The molecule has 60 heavy (non-hydrogen) atoms. The molecule has 3 N–H and O–H groups in total. The molecule has 0 spiro atoms. The normalized spacial score (nSPS) is 12.8. The fourth-order valence-corrected chi connectivity index (χ4v) is 8.10. The van der Waals surface area contributed by atoms with E-state index in [9.17, 15) is 19.8 Å². The van der Waals surface area contributed by atoms with E-state index in [4.69, 9.17) is 4.74 Å². The van der Waals surface area contributed by atoms with Gasteiger partial charge < -0.3 is 20.3 Å². The van der Waals surface area contributed by atoms with Gasteiger partial charge in [-0.05, 0) is 57.8 Å². The van der Waals surface area contributed by atoms with Crippen molar-refractivity contribution in [3.63, 3.8) is 0 Å². The lowest BCUT2D eigenvalue weighted by molar-refractivity contribution is -0.143. The van der Waals surface area contributed by atoms with Gasteiger partial charge in [0.1, 0.15) is 0 Å². The Kier molecular flexibility index (Phi) is 48.6. The summed E-state index contributed by atoms with van der Waals surface area (Å²) in [6.07, 6.45) is 59.1. The van der Waals surface area contributed by atoms with Gasteiger partial charge in [-0.2, -0.15) is 0 Å². The van der Waals surface area contributed by atoms with Gasteiger partial charge in [-0.25, -0.2) is 0 Å². The van der Waals surface area contributed by atoms with Gasteiger partial charge in [0.2, 0.25) is 5.91 Å². The van der Waals surface area contributed by atoms with E-state index in [1.165, 1.54) is 212 Å². The lowest BCUT2D eigenvalue weighted by Gasteiger charge is -2.20. The first kappa shape index (κ1) is 58.3. The number of ether oxygens (including phenoxy) is 1. The number of hydrogen-bond acceptors (Lipinski definition) is 5. The third-order valence-corrected chi connectivity index (χ3v) is 12.2. The average Bonchev–Trinajstić information content (AvgIpc) is 3.25. The van der Waals surface area contributed by atoms with Crippen molar-refractivity contribution in [1.82, 2.24) is 5.32 Å². The highest BCUT2D eigenvalue weighted by atomic mass is 16.5. The monoisotopic (exact) mass is 846 g/mol. The topological polar surface area (TPSA) is 95.9 Å². The van der Waals surface area contributed by atoms with Crippen LogP contribution in [0.5, 0.6) is 0 Å². The van der Waals surface area contributed by atoms with Crippen LogP contribution >= 0.6 is 0 Å². The molecule has 0 aliphatic heterocycles. The van der Waals surface area contributed by atoms with Crippen molar-refractivity contribution in [2.75, 3.05) is 13.2 Å². The molecule has 0 radical (unpaired) electrons. The smallest absolute Gasteiger partial charge is 0.305 e. The van der Waals surface area contributed by atoms with E-state index in [0.717, 1.165) is 44.9 Å². The van der Waals surface area contributed by atoms with Crippen molar-refractivity contribution in [2.45, 2.75) is 296 Å². The van der Waals surface area contributed by atoms with Gasteiger partial charge in [-0.3, -0.25) is 9.59 Å². The highest BCUT2D eigenvalue weighted by molar-refractivity contribution is 5.76. The van der Waals surface area contributed by atoms with Crippen LogP contribution < -0.4 is 5.32 Å². The number of amides is 1. The molecule has 1 amide bonds. The molecule has 354 valence electrons. The maximum Gasteiger partial charge on any atom is 0.305 e. The molecule has 0 heterocycles.